The Morgan fingerprint density at radius 2 is 1.90 bits per heavy atom. The Kier molecular flexibility index (Phi) is 4.72. The summed E-state index contributed by atoms with van der Waals surface area (Å²) >= 11 is 0. The third kappa shape index (κ3) is 4.93. The Balaban J connectivity index is 0.000000199. The molecule has 0 unspecified atom stereocenters. The molecule has 0 aromatic heterocycles. The van der Waals surface area contributed by atoms with Crippen molar-refractivity contribution in [1.82, 2.24) is 5.32 Å². The zero-order valence-electron chi connectivity index (χ0n) is 11.2. The molecule has 3 rings (SSSR count). The smallest absolute Gasteiger partial charge is 0.490 e. The van der Waals surface area contributed by atoms with E-state index in [4.69, 9.17) is 14.6 Å². The van der Waals surface area contributed by atoms with Gasteiger partial charge in [-0.15, -0.1) is 0 Å². The predicted octanol–water partition coefficient (Wildman–Crippen LogP) is 2.71. The van der Waals surface area contributed by atoms with Crippen LogP contribution in [-0.2, 0) is 17.9 Å². The van der Waals surface area contributed by atoms with Crippen LogP contribution in [0.15, 0.2) is 18.2 Å². The molecule has 21 heavy (non-hydrogen) atoms. The maximum Gasteiger partial charge on any atom is 0.490 e. The molecule has 1 saturated carbocycles. The SMILES string of the molecule is O=C(O)C(F)(F)F.c1cc2c(cc1OCC1CC1)CNC2. The van der Waals surface area contributed by atoms with Crippen molar-refractivity contribution >= 4 is 5.97 Å². The highest BCUT2D eigenvalue weighted by atomic mass is 19.4. The van der Waals surface area contributed by atoms with E-state index in [-0.39, 0.29) is 0 Å². The van der Waals surface area contributed by atoms with Crippen molar-refractivity contribution in [3.8, 4) is 5.75 Å². The van der Waals surface area contributed by atoms with Crippen molar-refractivity contribution in [2.45, 2.75) is 32.1 Å². The number of alkyl halides is 3. The Morgan fingerprint density at radius 3 is 2.48 bits per heavy atom. The lowest BCUT2D eigenvalue weighted by molar-refractivity contribution is -0.192. The van der Waals surface area contributed by atoms with Crippen LogP contribution >= 0.6 is 0 Å². The van der Waals surface area contributed by atoms with Gasteiger partial charge in [-0.25, -0.2) is 4.79 Å². The summed E-state index contributed by atoms with van der Waals surface area (Å²) in [7, 11) is 0. The Bertz CT molecular complexity index is 513. The number of benzene rings is 1. The Morgan fingerprint density at radius 1 is 1.29 bits per heavy atom. The van der Waals surface area contributed by atoms with Gasteiger partial charge in [0.05, 0.1) is 6.61 Å². The second-order valence-corrected chi connectivity index (χ2v) is 5.09. The van der Waals surface area contributed by atoms with E-state index in [0.717, 1.165) is 31.4 Å². The van der Waals surface area contributed by atoms with Crippen LogP contribution in [-0.4, -0.2) is 23.9 Å². The van der Waals surface area contributed by atoms with Gasteiger partial charge in [-0.3, -0.25) is 0 Å². The molecule has 2 N–H and O–H groups in total. The monoisotopic (exact) mass is 303 g/mol. The van der Waals surface area contributed by atoms with Gasteiger partial charge in [-0.1, -0.05) is 6.07 Å². The number of nitrogens with one attached hydrogen (secondary N) is 1. The number of halogens is 3. The van der Waals surface area contributed by atoms with Gasteiger partial charge in [0.1, 0.15) is 5.75 Å². The molecule has 7 heteroatoms. The van der Waals surface area contributed by atoms with E-state index in [1.807, 2.05) is 0 Å². The number of carbonyl (C=O) groups is 1. The average molecular weight is 303 g/mol. The Labute approximate surface area is 119 Å². The molecule has 0 saturated heterocycles. The number of fused-ring (bicyclic) bond motifs is 1. The van der Waals surface area contributed by atoms with Crippen molar-refractivity contribution in [1.29, 1.82) is 0 Å². The van der Waals surface area contributed by atoms with Crippen molar-refractivity contribution < 1.29 is 27.8 Å². The average Bonchev–Trinajstić information content (AvgIpc) is 3.12. The van der Waals surface area contributed by atoms with Crippen LogP contribution in [0, 0.1) is 5.92 Å². The van der Waals surface area contributed by atoms with Gasteiger partial charge in [-0.2, -0.15) is 13.2 Å². The first-order valence-corrected chi connectivity index (χ1v) is 6.61. The highest BCUT2D eigenvalue weighted by molar-refractivity contribution is 5.73. The van der Waals surface area contributed by atoms with Crippen molar-refractivity contribution in [2.24, 2.45) is 5.92 Å². The van der Waals surface area contributed by atoms with Crippen molar-refractivity contribution in [3.63, 3.8) is 0 Å². The lowest BCUT2D eigenvalue weighted by atomic mass is 10.1. The van der Waals surface area contributed by atoms with E-state index in [1.54, 1.807) is 0 Å². The predicted molar refractivity (Wildman–Crippen MR) is 68.9 cm³/mol. The van der Waals surface area contributed by atoms with Crippen LogP contribution in [0.25, 0.3) is 0 Å². The fourth-order valence-corrected chi connectivity index (χ4v) is 1.86. The van der Waals surface area contributed by atoms with E-state index < -0.39 is 12.1 Å². The number of ether oxygens (including phenoxy) is 1. The fraction of sp³-hybridized carbons (Fsp3) is 0.500. The second kappa shape index (κ2) is 6.34. The molecule has 1 heterocycles. The van der Waals surface area contributed by atoms with Gasteiger partial charge < -0.3 is 15.2 Å². The molecule has 1 aromatic rings. The van der Waals surface area contributed by atoms with E-state index in [2.05, 4.69) is 23.5 Å². The van der Waals surface area contributed by atoms with Gasteiger partial charge >= 0.3 is 12.1 Å². The molecule has 1 aliphatic carbocycles. The molecule has 1 aliphatic heterocycles. The standard InChI is InChI=1S/C12H15NO.C2HF3O2/c1-2-9(1)8-14-12-4-3-10-6-13-7-11(10)5-12;3-2(4,5)1(6)7/h3-5,9,13H,1-2,6-8H2;(H,6,7). The molecule has 0 bridgehead atoms. The zero-order valence-corrected chi connectivity index (χ0v) is 11.2. The first-order chi connectivity index (χ1) is 9.86. The minimum Gasteiger partial charge on any atom is -0.493 e. The third-order valence-electron chi connectivity index (χ3n) is 3.23. The lowest BCUT2D eigenvalue weighted by Crippen LogP contribution is -2.21. The fourth-order valence-electron chi connectivity index (χ4n) is 1.86. The number of rotatable bonds is 3. The number of carboxylic acid groups (broad SMARTS) is 1. The van der Waals surface area contributed by atoms with Gasteiger partial charge in [0.2, 0.25) is 0 Å². The third-order valence-corrected chi connectivity index (χ3v) is 3.23. The van der Waals surface area contributed by atoms with Crippen LogP contribution in [0.4, 0.5) is 13.2 Å². The normalized spacial score (nSPS) is 16.7. The van der Waals surface area contributed by atoms with E-state index in [1.165, 1.54) is 24.0 Å². The molecule has 1 fully saturated rings. The second-order valence-electron chi connectivity index (χ2n) is 5.09. The molecular weight excluding hydrogens is 287 g/mol. The van der Waals surface area contributed by atoms with Gasteiger partial charge in [0.15, 0.2) is 0 Å². The minimum atomic E-state index is -5.08. The summed E-state index contributed by atoms with van der Waals surface area (Å²) in [6.45, 7) is 2.92. The topological polar surface area (TPSA) is 58.6 Å². The quantitative estimate of drug-likeness (QED) is 0.901. The number of hydrogen-bond acceptors (Lipinski definition) is 3. The molecule has 2 aliphatic rings. The minimum absolute atomic E-state index is 0.835. The molecule has 0 radical (unpaired) electrons. The number of hydrogen-bond donors (Lipinski definition) is 2. The van der Waals surface area contributed by atoms with Crippen molar-refractivity contribution in [3.05, 3.63) is 29.3 Å². The zero-order chi connectivity index (χ0) is 15.5. The summed E-state index contributed by atoms with van der Waals surface area (Å²) in [5, 5.41) is 10.5. The summed E-state index contributed by atoms with van der Waals surface area (Å²) in [4.78, 5) is 8.90. The largest absolute Gasteiger partial charge is 0.493 e. The van der Waals surface area contributed by atoms with E-state index in [9.17, 15) is 13.2 Å². The van der Waals surface area contributed by atoms with Crippen molar-refractivity contribution in [2.75, 3.05) is 6.61 Å². The molecular formula is C14H16F3NO3. The van der Waals surface area contributed by atoms with Crippen LogP contribution in [0.3, 0.4) is 0 Å². The molecule has 0 spiro atoms. The highest BCUT2D eigenvalue weighted by Gasteiger charge is 2.38. The maximum absolute atomic E-state index is 10.6. The van der Waals surface area contributed by atoms with Gasteiger partial charge in [-0.05, 0) is 42.0 Å². The van der Waals surface area contributed by atoms with Crippen LogP contribution in [0.2, 0.25) is 0 Å². The summed E-state index contributed by atoms with van der Waals surface area (Å²) < 4.78 is 37.5. The summed E-state index contributed by atoms with van der Waals surface area (Å²) in [5.74, 6) is -0.881. The van der Waals surface area contributed by atoms with Gasteiger partial charge in [0.25, 0.3) is 0 Å². The van der Waals surface area contributed by atoms with Crippen LogP contribution < -0.4 is 10.1 Å². The highest BCUT2D eigenvalue weighted by Crippen LogP contribution is 2.30. The molecule has 1 aromatic carbocycles. The van der Waals surface area contributed by atoms with E-state index >= 15 is 0 Å². The number of carboxylic acids is 1. The molecule has 116 valence electrons. The van der Waals surface area contributed by atoms with Crippen LogP contribution in [0.1, 0.15) is 24.0 Å². The first kappa shape index (κ1) is 15.6. The lowest BCUT2D eigenvalue weighted by Gasteiger charge is -2.06. The molecule has 4 nitrogen and oxygen atoms in total. The summed E-state index contributed by atoms with van der Waals surface area (Å²) in [5.41, 5.74) is 2.82. The molecule has 0 amide bonds. The summed E-state index contributed by atoms with van der Waals surface area (Å²) in [6, 6.07) is 6.45. The summed E-state index contributed by atoms with van der Waals surface area (Å²) in [6.07, 6.45) is -2.38. The van der Waals surface area contributed by atoms with Gasteiger partial charge in [0, 0.05) is 13.1 Å². The van der Waals surface area contributed by atoms with Crippen LogP contribution in [0.5, 0.6) is 5.75 Å². The maximum atomic E-state index is 10.6. The molecule has 0 atom stereocenters. The first-order valence-electron chi connectivity index (χ1n) is 6.61. The van der Waals surface area contributed by atoms with E-state index in [0.29, 0.717) is 0 Å². The number of aliphatic carboxylic acids is 1. The Hall–Kier alpha value is -1.76.